The van der Waals surface area contributed by atoms with Crippen LogP contribution >= 0.6 is 11.3 Å². The highest BCUT2D eigenvalue weighted by atomic mass is 32.1. The number of alkyl halides is 3. The fourth-order valence-electron chi connectivity index (χ4n) is 1.50. The van der Waals surface area contributed by atoms with Crippen LogP contribution < -0.4 is 5.32 Å². The maximum Gasteiger partial charge on any atom is 0.417 e. The number of halogens is 3. The van der Waals surface area contributed by atoms with E-state index in [4.69, 9.17) is 5.26 Å². The molecule has 98 valence electrons. The third kappa shape index (κ3) is 3.03. The number of hydrogen-bond acceptors (Lipinski definition) is 4. The molecule has 0 radical (unpaired) electrons. The van der Waals surface area contributed by atoms with Crippen molar-refractivity contribution in [2.75, 3.05) is 5.32 Å². The van der Waals surface area contributed by atoms with Crippen LogP contribution in [0.25, 0.3) is 0 Å². The van der Waals surface area contributed by atoms with Gasteiger partial charge in [-0.25, -0.2) is 4.98 Å². The first-order chi connectivity index (χ1) is 8.90. The standard InChI is InChI=1S/C12H8F3N3S/c1-7-6-17-11(19-7)18-9-2-3-10(12(13,14)15)8(4-9)5-16/h2-4,6H,1H3,(H,17,18). The van der Waals surface area contributed by atoms with Crippen molar-refractivity contribution in [3.63, 3.8) is 0 Å². The largest absolute Gasteiger partial charge is 0.417 e. The topological polar surface area (TPSA) is 48.7 Å². The molecule has 0 amide bonds. The number of nitrogens with one attached hydrogen (secondary N) is 1. The third-order valence-corrected chi connectivity index (χ3v) is 3.15. The molecule has 0 atom stereocenters. The smallest absolute Gasteiger partial charge is 0.332 e. The lowest BCUT2D eigenvalue weighted by molar-refractivity contribution is -0.137. The summed E-state index contributed by atoms with van der Waals surface area (Å²) in [6.45, 7) is 1.87. The SMILES string of the molecule is Cc1cnc(Nc2ccc(C(F)(F)F)c(C#N)c2)s1. The Bertz CT molecular complexity index is 640. The van der Waals surface area contributed by atoms with E-state index >= 15 is 0 Å². The van der Waals surface area contributed by atoms with Gasteiger partial charge in [0.05, 0.1) is 17.2 Å². The van der Waals surface area contributed by atoms with Crippen LogP contribution in [-0.4, -0.2) is 4.98 Å². The zero-order chi connectivity index (χ0) is 14.0. The molecule has 0 fully saturated rings. The Morgan fingerprint density at radius 3 is 2.63 bits per heavy atom. The summed E-state index contributed by atoms with van der Waals surface area (Å²) in [4.78, 5) is 5.02. The minimum absolute atomic E-state index is 0.402. The van der Waals surface area contributed by atoms with Gasteiger partial charge in [0.15, 0.2) is 5.13 Å². The van der Waals surface area contributed by atoms with Crippen molar-refractivity contribution in [3.8, 4) is 6.07 Å². The van der Waals surface area contributed by atoms with Crippen molar-refractivity contribution in [2.24, 2.45) is 0 Å². The van der Waals surface area contributed by atoms with Gasteiger partial charge >= 0.3 is 6.18 Å². The van der Waals surface area contributed by atoms with Crippen molar-refractivity contribution in [2.45, 2.75) is 13.1 Å². The molecule has 1 heterocycles. The second-order valence-corrected chi connectivity index (χ2v) is 5.01. The summed E-state index contributed by atoms with van der Waals surface area (Å²) in [6.07, 6.45) is -2.87. The summed E-state index contributed by atoms with van der Waals surface area (Å²) in [5, 5.41) is 12.2. The molecule has 3 nitrogen and oxygen atoms in total. The van der Waals surface area contributed by atoms with E-state index in [-0.39, 0.29) is 0 Å². The number of aryl methyl sites for hydroxylation is 1. The van der Waals surface area contributed by atoms with Crippen molar-refractivity contribution in [1.82, 2.24) is 4.98 Å². The first-order valence-corrected chi connectivity index (χ1v) is 6.02. The lowest BCUT2D eigenvalue weighted by Crippen LogP contribution is -2.08. The van der Waals surface area contributed by atoms with Crippen molar-refractivity contribution >= 4 is 22.2 Å². The Hall–Kier alpha value is -2.07. The predicted molar refractivity (Wildman–Crippen MR) is 66.3 cm³/mol. The van der Waals surface area contributed by atoms with Gasteiger partial charge in [0, 0.05) is 16.8 Å². The Morgan fingerprint density at radius 2 is 2.11 bits per heavy atom. The van der Waals surface area contributed by atoms with Crippen LogP contribution in [0.4, 0.5) is 24.0 Å². The second kappa shape index (κ2) is 4.90. The molecule has 1 aromatic heterocycles. The minimum Gasteiger partial charge on any atom is -0.332 e. The number of thiazole rings is 1. The van der Waals surface area contributed by atoms with Crippen LogP contribution in [0.3, 0.4) is 0 Å². The van der Waals surface area contributed by atoms with Crippen LogP contribution in [0.1, 0.15) is 16.0 Å². The van der Waals surface area contributed by atoms with E-state index in [1.165, 1.54) is 23.5 Å². The molecule has 0 aliphatic rings. The molecule has 0 bridgehead atoms. The number of anilines is 2. The summed E-state index contributed by atoms with van der Waals surface area (Å²) in [7, 11) is 0. The lowest BCUT2D eigenvalue weighted by atomic mass is 10.1. The first kappa shape index (κ1) is 13.4. The van der Waals surface area contributed by atoms with Crippen LogP contribution in [0.2, 0.25) is 0 Å². The molecule has 0 aliphatic carbocycles. The van der Waals surface area contributed by atoms with Crippen molar-refractivity contribution in [3.05, 3.63) is 40.4 Å². The molecular formula is C12H8F3N3S. The molecular weight excluding hydrogens is 275 g/mol. The average molecular weight is 283 g/mol. The van der Waals surface area contributed by atoms with E-state index in [2.05, 4.69) is 10.3 Å². The summed E-state index contributed by atoms with van der Waals surface area (Å²) >= 11 is 1.38. The number of hydrogen-bond donors (Lipinski definition) is 1. The fraction of sp³-hybridized carbons (Fsp3) is 0.167. The van der Waals surface area contributed by atoms with E-state index in [0.717, 1.165) is 10.9 Å². The maximum atomic E-state index is 12.6. The quantitative estimate of drug-likeness (QED) is 0.903. The number of aromatic nitrogens is 1. The molecule has 1 aromatic carbocycles. The van der Waals surface area contributed by atoms with Crippen molar-refractivity contribution < 1.29 is 13.2 Å². The molecule has 7 heteroatoms. The van der Waals surface area contributed by atoms with E-state index in [9.17, 15) is 13.2 Å². The molecule has 19 heavy (non-hydrogen) atoms. The molecule has 2 aromatic rings. The zero-order valence-electron chi connectivity index (χ0n) is 9.75. The van der Waals surface area contributed by atoms with Crippen molar-refractivity contribution in [1.29, 1.82) is 5.26 Å². The number of nitriles is 1. The average Bonchev–Trinajstić information content (AvgIpc) is 2.73. The Labute approximate surface area is 111 Å². The summed E-state index contributed by atoms with van der Waals surface area (Å²) in [6, 6.07) is 4.89. The monoisotopic (exact) mass is 283 g/mol. The predicted octanol–water partition coefficient (Wildman–Crippen LogP) is 4.09. The van der Waals surface area contributed by atoms with Gasteiger partial charge in [-0.2, -0.15) is 18.4 Å². The molecule has 0 saturated heterocycles. The van der Waals surface area contributed by atoms with E-state index < -0.39 is 17.3 Å². The first-order valence-electron chi connectivity index (χ1n) is 5.21. The Morgan fingerprint density at radius 1 is 1.37 bits per heavy atom. The van der Waals surface area contributed by atoms with Crippen LogP contribution in [0, 0.1) is 18.3 Å². The molecule has 0 spiro atoms. The lowest BCUT2D eigenvalue weighted by Gasteiger charge is -2.10. The number of nitrogens with zero attached hydrogens (tertiary/aromatic N) is 2. The van der Waals surface area contributed by atoms with Gasteiger partial charge in [-0.05, 0) is 25.1 Å². The molecule has 2 rings (SSSR count). The second-order valence-electron chi connectivity index (χ2n) is 3.77. The van der Waals surface area contributed by atoms with Gasteiger partial charge < -0.3 is 5.32 Å². The Kier molecular flexibility index (Phi) is 3.44. The summed E-state index contributed by atoms with van der Waals surface area (Å²) in [5.74, 6) is 0. The van der Waals surface area contributed by atoms with E-state index in [1.54, 1.807) is 12.3 Å². The molecule has 0 saturated carbocycles. The Balaban J connectivity index is 2.32. The number of rotatable bonds is 2. The zero-order valence-corrected chi connectivity index (χ0v) is 10.6. The highest BCUT2D eigenvalue weighted by Gasteiger charge is 2.33. The molecule has 1 N–H and O–H groups in total. The van der Waals surface area contributed by atoms with Gasteiger partial charge in [0.1, 0.15) is 0 Å². The maximum absolute atomic E-state index is 12.6. The van der Waals surface area contributed by atoms with E-state index in [0.29, 0.717) is 10.8 Å². The van der Waals surface area contributed by atoms with Crippen LogP contribution in [-0.2, 0) is 6.18 Å². The van der Waals surface area contributed by atoms with E-state index in [1.807, 2.05) is 6.92 Å². The normalized spacial score (nSPS) is 11.1. The highest BCUT2D eigenvalue weighted by molar-refractivity contribution is 7.15. The molecule has 0 aliphatic heterocycles. The minimum atomic E-state index is -4.53. The fourth-order valence-corrected chi connectivity index (χ4v) is 2.18. The summed E-state index contributed by atoms with van der Waals surface area (Å²) in [5.41, 5.74) is -0.944. The van der Waals surface area contributed by atoms with Gasteiger partial charge in [0.25, 0.3) is 0 Å². The van der Waals surface area contributed by atoms with Gasteiger partial charge in [-0.3, -0.25) is 0 Å². The van der Waals surface area contributed by atoms with Crippen LogP contribution in [0.15, 0.2) is 24.4 Å². The third-order valence-electron chi connectivity index (χ3n) is 2.32. The van der Waals surface area contributed by atoms with Crippen LogP contribution in [0.5, 0.6) is 0 Å². The van der Waals surface area contributed by atoms with Gasteiger partial charge in [-0.15, -0.1) is 11.3 Å². The van der Waals surface area contributed by atoms with Gasteiger partial charge in [0.2, 0.25) is 0 Å². The highest BCUT2D eigenvalue weighted by Crippen LogP contribution is 2.33. The number of benzene rings is 1. The van der Waals surface area contributed by atoms with Gasteiger partial charge in [-0.1, -0.05) is 0 Å². The summed E-state index contributed by atoms with van der Waals surface area (Å²) < 4.78 is 37.8. The molecule has 0 unspecified atom stereocenters.